The first-order chi connectivity index (χ1) is 13.5. The van der Waals surface area contributed by atoms with E-state index in [1.54, 1.807) is 24.3 Å². The molecule has 0 heterocycles. The maximum absolute atomic E-state index is 14.8. The van der Waals surface area contributed by atoms with Crippen molar-refractivity contribution in [2.24, 2.45) is 0 Å². The Balaban J connectivity index is 1.75. The summed E-state index contributed by atoms with van der Waals surface area (Å²) < 4.78 is 29.5. The van der Waals surface area contributed by atoms with E-state index < -0.39 is 11.6 Å². The molecular formula is C25H19ClF2. The van der Waals surface area contributed by atoms with Gasteiger partial charge in [-0.2, -0.15) is 0 Å². The van der Waals surface area contributed by atoms with Gasteiger partial charge in [0.25, 0.3) is 0 Å². The van der Waals surface area contributed by atoms with E-state index in [1.165, 1.54) is 17.7 Å². The minimum Gasteiger partial charge on any atom is -0.206 e. The van der Waals surface area contributed by atoms with Gasteiger partial charge in [-0.25, -0.2) is 8.78 Å². The summed E-state index contributed by atoms with van der Waals surface area (Å²) in [6.45, 7) is 2.16. The molecule has 0 fully saturated rings. The van der Waals surface area contributed by atoms with Gasteiger partial charge in [-0.3, -0.25) is 0 Å². The first-order valence-corrected chi connectivity index (χ1v) is 9.71. The Morgan fingerprint density at radius 3 is 1.96 bits per heavy atom. The van der Waals surface area contributed by atoms with Crippen LogP contribution in [0.3, 0.4) is 0 Å². The van der Waals surface area contributed by atoms with Crippen molar-refractivity contribution in [2.45, 2.75) is 19.8 Å². The number of benzene rings is 4. The summed E-state index contributed by atoms with van der Waals surface area (Å²) in [5.41, 5.74) is 3.04. The van der Waals surface area contributed by atoms with Crippen molar-refractivity contribution < 1.29 is 8.78 Å². The predicted octanol–water partition coefficient (Wildman–Crippen LogP) is 8.06. The van der Waals surface area contributed by atoms with Crippen LogP contribution in [0, 0.1) is 11.6 Å². The van der Waals surface area contributed by atoms with E-state index in [0.717, 1.165) is 29.2 Å². The van der Waals surface area contributed by atoms with Gasteiger partial charge < -0.3 is 0 Å². The normalized spacial score (nSPS) is 11.1. The molecule has 0 spiro atoms. The Morgan fingerprint density at radius 1 is 0.679 bits per heavy atom. The minimum absolute atomic E-state index is 0.0367. The molecule has 0 N–H and O–H groups in total. The fraction of sp³-hybridized carbons (Fsp3) is 0.120. The summed E-state index contributed by atoms with van der Waals surface area (Å²) in [4.78, 5) is 0. The highest BCUT2D eigenvalue weighted by atomic mass is 35.5. The standard InChI is InChI=1S/C25H19ClF2/c1-2-3-16-4-5-19-13-20(7-6-18(19)12-16)21-14-23(27)25(24(28)15-21)17-8-10-22(26)11-9-17/h4-15H,2-3H2,1H3. The van der Waals surface area contributed by atoms with Gasteiger partial charge in [0.15, 0.2) is 0 Å². The lowest BCUT2D eigenvalue weighted by Crippen LogP contribution is -1.92. The molecular weight excluding hydrogens is 374 g/mol. The van der Waals surface area contributed by atoms with E-state index >= 15 is 0 Å². The molecule has 0 aromatic heterocycles. The first kappa shape index (κ1) is 18.6. The lowest BCUT2D eigenvalue weighted by molar-refractivity contribution is 0.590. The highest BCUT2D eigenvalue weighted by Gasteiger charge is 2.14. The molecule has 140 valence electrons. The van der Waals surface area contributed by atoms with Crippen molar-refractivity contribution in [3.05, 3.63) is 95.0 Å². The number of rotatable bonds is 4. The summed E-state index contributed by atoms with van der Waals surface area (Å²) in [7, 11) is 0. The highest BCUT2D eigenvalue weighted by Crippen LogP contribution is 2.33. The van der Waals surface area contributed by atoms with E-state index in [9.17, 15) is 8.78 Å². The van der Waals surface area contributed by atoms with E-state index in [2.05, 4.69) is 25.1 Å². The molecule has 0 unspecified atom stereocenters. The molecule has 0 atom stereocenters. The van der Waals surface area contributed by atoms with Gasteiger partial charge in [-0.05, 0) is 69.8 Å². The third-order valence-electron chi connectivity index (χ3n) is 4.95. The van der Waals surface area contributed by atoms with E-state index in [4.69, 9.17) is 11.6 Å². The Labute approximate surface area is 168 Å². The SMILES string of the molecule is CCCc1ccc2cc(-c3cc(F)c(-c4ccc(Cl)cc4)c(F)c3)ccc2c1. The zero-order valence-corrected chi connectivity index (χ0v) is 16.2. The fourth-order valence-electron chi connectivity index (χ4n) is 3.55. The number of aryl methyl sites for hydroxylation is 1. The number of hydrogen-bond acceptors (Lipinski definition) is 0. The van der Waals surface area contributed by atoms with Crippen LogP contribution in [0.4, 0.5) is 8.78 Å². The van der Waals surface area contributed by atoms with Crippen molar-refractivity contribution in [1.29, 1.82) is 0 Å². The predicted molar refractivity (Wildman–Crippen MR) is 114 cm³/mol. The third kappa shape index (κ3) is 3.65. The molecule has 0 nitrogen and oxygen atoms in total. The van der Waals surface area contributed by atoms with Crippen molar-refractivity contribution in [1.82, 2.24) is 0 Å². The zero-order valence-electron chi connectivity index (χ0n) is 15.5. The quantitative estimate of drug-likeness (QED) is 0.329. The Morgan fingerprint density at radius 2 is 1.29 bits per heavy atom. The number of fused-ring (bicyclic) bond motifs is 1. The second-order valence-corrected chi connectivity index (χ2v) is 7.40. The molecule has 0 amide bonds. The van der Waals surface area contributed by atoms with E-state index in [-0.39, 0.29) is 5.56 Å². The molecule has 4 rings (SSSR count). The topological polar surface area (TPSA) is 0 Å². The average molecular weight is 393 g/mol. The maximum atomic E-state index is 14.8. The average Bonchev–Trinajstić information content (AvgIpc) is 2.68. The van der Waals surface area contributed by atoms with Gasteiger partial charge >= 0.3 is 0 Å². The highest BCUT2D eigenvalue weighted by molar-refractivity contribution is 6.30. The summed E-state index contributed by atoms with van der Waals surface area (Å²) in [5.74, 6) is -1.17. The van der Waals surface area contributed by atoms with Gasteiger partial charge in [-0.1, -0.05) is 67.4 Å². The molecule has 3 heteroatoms. The molecule has 0 bridgehead atoms. The Kier molecular flexibility index (Phi) is 5.15. The molecule has 0 saturated carbocycles. The van der Waals surface area contributed by atoms with Gasteiger partial charge in [-0.15, -0.1) is 0 Å². The van der Waals surface area contributed by atoms with Crippen molar-refractivity contribution >= 4 is 22.4 Å². The van der Waals surface area contributed by atoms with Crippen molar-refractivity contribution in [3.63, 3.8) is 0 Å². The Hall–Kier alpha value is -2.71. The Bertz CT molecular complexity index is 1120. The summed E-state index contributed by atoms with van der Waals surface area (Å²) >= 11 is 5.87. The lowest BCUT2D eigenvalue weighted by Gasteiger charge is -2.10. The van der Waals surface area contributed by atoms with Crippen LogP contribution < -0.4 is 0 Å². The molecule has 28 heavy (non-hydrogen) atoms. The molecule has 4 aromatic carbocycles. The summed E-state index contributed by atoms with van der Waals surface area (Å²) in [5, 5.41) is 2.72. The lowest BCUT2D eigenvalue weighted by atomic mass is 9.96. The molecule has 0 aliphatic carbocycles. The second-order valence-electron chi connectivity index (χ2n) is 6.97. The van der Waals surface area contributed by atoms with Crippen LogP contribution in [0.1, 0.15) is 18.9 Å². The van der Waals surface area contributed by atoms with Crippen LogP contribution in [-0.4, -0.2) is 0 Å². The summed E-state index contributed by atoms with van der Waals surface area (Å²) in [6, 6.07) is 21.5. The molecule has 0 aliphatic heterocycles. The molecule has 0 radical (unpaired) electrons. The number of hydrogen-bond donors (Lipinski definition) is 0. The zero-order chi connectivity index (χ0) is 19.7. The van der Waals surface area contributed by atoms with Crippen LogP contribution in [0.2, 0.25) is 5.02 Å². The third-order valence-corrected chi connectivity index (χ3v) is 5.20. The molecule has 0 saturated heterocycles. The van der Waals surface area contributed by atoms with Crippen molar-refractivity contribution in [2.75, 3.05) is 0 Å². The van der Waals surface area contributed by atoms with Gasteiger partial charge in [0.1, 0.15) is 11.6 Å². The maximum Gasteiger partial charge on any atom is 0.134 e. The second kappa shape index (κ2) is 7.73. The first-order valence-electron chi connectivity index (χ1n) is 9.33. The van der Waals surface area contributed by atoms with Crippen LogP contribution in [-0.2, 0) is 6.42 Å². The molecule has 4 aromatic rings. The fourth-order valence-corrected chi connectivity index (χ4v) is 3.68. The minimum atomic E-state index is -0.587. The van der Waals surface area contributed by atoms with Crippen LogP contribution in [0.15, 0.2) is 72.8 Å². The van der Waals surface area contributed by atoms with Crippen LogP contribution >= 0.6 is 11.6 Å². The monoisotopic (exact) mass is 392 g/mol. The van der Waals surface area contributed by atoms with Gasteiger partial charge in [0.05, 0.1) is 5.56 Å². The smallest absolute Gasteiger partial charge is 0.134 e. The van der Waals surface area contributed by atoms with Crippen LogP contribution in [0.25, 0.3) is 33.0 Å². The van der Waals surface area contributed by atoms with Crippen molar-refractivity contribution in [3.8, 4) is 22.3 Å². The van der Waals surface area contributed by atoms with Crippen LogP contribution in [0.5, 0.6) is 0 Å². The molecule has 0 aliphatic rings. The van der Waals surface area contributed by atoms with Gasteiger partial charge in [0, 0.05) is 5.02 Å². The summed E-state index contributed by atoms with van der Waals surface area (Å²) in [6.07, 6.45) is 2.14. The number of halogens is 3. The largest absolute Gasteiger partial charge is 0.206 e. The van der Waals surface area contributed by atoms with E-state index in [0.29, 0.717) is 16.1 Å². The van der Waals surface area contributed by atoms with E-state index in [1.807, 2.05) is 18.2 Å². The van der Waals surface area contributed by atoms with Gasteiger partial charge in [0.2, 0.25) is 0 Å².